The van der Waals surface area contributed by atoms with E-state index in [1.165, 1.54) is 6.20 Å². The first kappa shape index (κ1) is 24.0. The molecule has 38 heavy (non-hydrogen) atoms. The number of aryl methyl sites for hydroxylation is 1. The molecule has 0 aliphatic heterocycles. The molecule has 10 nitrogen and oxygen atoms in total. The number of aromatic nitrogens is 5. The largest absolute Gasteiger partial charge is 0.431 e. The van der Waals surface area contributed by atoms with E-state index in [0.29, 0.717) is 41.5 Å². The Kier molecular flexibility index (Phi) is 5.60. The van der Waals surface area contributed by atoms with Gasteiger partial charge < -0.3 is 19.4 Å². The van der Waals surface area contributed by atoms with Crippen LogP contribution in [-0.2, 0) is 6.54 Å². The molecule has 194 valence electrons. The number of halogens is 1. The van der Waals surface area contributed by atoms with Gasteiger partial charge in [0, 0.05) is 22.2 Å². The summed E-state index contributed by atoms with van der Waals surface area (Å²) in [5.74, 6) is 0.171. The smallest absolute Gasteiger partial charge is 0.293 e. The molecule has 1 saturated carbocycles. The number of benzene rings is 2. The number of nitrogens with zero attached hydrogens (tertiary/aromatic N) is 5. The second-order valence-corrected chi connectivity index (χ2v) is 10.2. The number of nitrogens with one attached hydrogen (secondary N) is 1. The molecule has 1 aliphatic rings. The summed E-state index contributed by atoms with van der Waals surface area (Å²) in [6.07, 6.45) is 2.56. The predicted octanol–water partition coefficient (Wildman–Crippen LogP) is 4.90. The fraction of sp³-hybridized carbons (Fsp3) is 0.296. The van der Waals surface area contributed by atoms with Crippen LogP contribution in [0.25, 0.3) is 33.7 Å². The predicted molar refractivity (Wildman–Crippen MR) is 136 cm³/mol. The average Bonchev–Trinajstić information content (AvgIpc) is 3.30. The summed E-state index contributed by atoms with van der Waals surface area (Å²) in [7, 11) is 0. The molecule has 0 radical (unpaired) electrons. The van der Waals surface area contributed by atoms with E-state index in [9.17, 15) is 14.3 Å². The first-order valence-corrected chi connectivity index (χ1v) is 12.2. The van der Waals surface area contributed by atoms with Gasteiger partial charge in [-0.15, -0.1) is 0 Å². The van der Waals surface area contributed by atoms with Gasteiger partial charge in [0.15, 0.2) is 0 Å². The van der Waals surface area contributed by atoms with Crippen LogP contribution in [-0.4, -0.2) is 47.7 Å². The van der Waals surface area contributed by atoms with Gasteiger partial charge >= 0.3 is 0 Å². The number of carbonyl (C=O) groups is 1. The molecule has 3 heterocycles. The van der Waals surface area contributed by atoms with E-state index in [2.05, 4.69) is 25.5 Å². The molecule has 0 bridgehead atoms. The van der Waals surface area contributed by atoms with Crippen molar-refractivity contribution in [2.75, 3.05) is 5.32 Å². The van der Waals surface area contributed by atoms with Crippen molar-refractivity contribution in [3.05, 3.63) is 66.0 Å². The Bertz CT molecular complexity index is 1660. The van der Waals surface area contributed by atoms with Crippen molar-refractivity contribution in [1.82, 2.24) is 24.9 Å². The number of hydrogen-bond donors (Lipinski definition) is 2. The molecule has 1 fully saturated rings. The first-order chi connectivity index (χ1) is 18.1. The fourth-order valence-electron chi connectivity index (χ4n) is 4.23. The molecule has 3 aromatic heterocycles. The van der Waals surface area contributed by atoms with Crippen LogP contribution in [0.4, 0.5) is 10.1 Å². The third-order valence-corrected chi connectivity index (χ3v) is 6.37. The molecule has 5 aromatic rings. The first-order valence-electron chi connectivity index (χ1n) is 12.2. The van der Waals surface area contributed by atoms with Crippen LogP contribution in [0.1, 0.15) is 48.2 Å². The molecule has 0 unspecified atom stereocenters. The molecule has 1 aliphatic carbocycles. The monoisotopic (exact) mass is 516 g/mol. The summed E-state index contributed by atoms with van der Waals surface area (Å²) >= 11 is 0. The standard InChI is InChI=1S/C27H25FN6O4/c1-14-4-5-15(23-32-26(38-33-23)18-10-19(18)28)9-20(14)31-24(35)22-12-29-25(37-22)16-6-7-21-17(8-16)11-30-34(21)13-27(2,3)36/h4-9,11-12,18-19,36H,10,13H2,1-3H3,(H,31,35)/t18-,19-/m0/s1. The Morgan fingerprint density at radius 1 is 1.21 bits per heavy atom. The normalized spacial score (nSPS) is 17.2. The highest BCUT2D eigenvalue weighted by Gasteiger charge is 2.43. The fourth-order valence-corrected chi connectivity index (χ4v) is 4.23. The Labute approximate surface area is 216 Å². The highest BCUT2D eigenvalue weighted by molar-refractivity contribution is 6.03. The van der Waals surface area contributed by atoms with Gasteiger partial charge in [-0.1, -0.05) is 17.3 Å². The number of amides is 1. The van der Waals surface area contributed by atoms with Crippen LogP contribution in [0, 0.1) is 6.92 Å². The number of hydrogen-bond acceptors (Lipinski definition) is 8. The van der Waals surface area contributed by atoms with Gasteiger partial charge in [-0.05, 0) is 57.0 Å². The van der Waals surface area contributed by atoms with Crippen molar-refractivity contribution in [2.45, 2.75) is 51.4 Å². The number of fused-ring (bicyclic) bond motifs is 1. The van der Waals surface area contributed by atoms with E-state index in [1.807, 2.05) is 37.3 Å². The average molecular weight is 517 g/mol. The molecule has 2 aromatic carbocycles. The zero-order chi connectivity index (χ0) is 26.6. The third kappa shape index (κ3) is 4.68. The maximum Gasteiger partial charge on any atom is 0.293 e. The number of alkyl halides is 1. The van der Waals surface area contributed by atoms with E-state index >= 15 is 0 Å². The van der Waals surface area contributed by atoms with Crippen molar-refractivity contribution in [3.8, 4) is 22.8 Å². The molecule has 11 heteroatoms. The summed E-state index contributed by atoms with van der Waals surface area (Å²) in [6.45, 7) is 5.67. The van der Waals surface area contributed by atoms with E-state index in [0.717, 1.165) is 16.5 Å². The Balaban J connectivity index is 1.19. The lowest BCUT2D eigenvalue weighted by atomic mass is 10.1. The number of rotatable bonds is 7. The summed E-state index contributed by atoms with van der Waals surface area (Å²) in [6, 6.07) is 11.0. The number of carbonyl (C=O) groups excluding carboxylic acids is 1. The van der Waals surface area contributed by atoms with Crippen molar-refractivity contribution in [2.24, 2.45) is 0 Å². The quantitative estimate of drug-likeness (QED) is 0.312. The summed E-state index contributed by atoms with van der Waals surface area (Å²) in [5, 5.41) is 22.1. The maximum atomic E-state index is 13.3. The minimum absolute atomic E-state index is 0.0483. The van der Waals surface area contributed by atoms with Gasteiger partial charge in [0.25, 0.3) is 5.91 Å². The molecular formula is C27H25FN6O4. The van der Waals surface area contributed by atoms with Gasteiger partial charge in [-0.25, -0.2) is 9.37 Å². The molecule has 0 saturated heterocycles. The van der Waals surface area contributed by atoms with Crippen LogP contribution in [0.3, 0.4) is 0 Å². The van der Waals surface area contributed by atoms with Crippen LogP contribution >= 0.6 is 0 Å². The number of aliphatic hydroxyl groups is 1. The van der Waals surface area contributed by atoms with Crippen molar-refractivity contribution >= 4 is 22.5 Å². The summed E-state index contributed by atoms with van der Waals surface area (Å²) in [5.41, 5.74) is 2.67. The van der Waals surface area contributed by atoms with Gasteiger partial charge in [0.1, 0.15) is 6.17 Å². The SMILES string of the molecule is Cc1ccc(-c2noc([C@H]3C[C@@H]3F)n2)cc1NC(=O)c1cnc(-c2ccc3c(cnn3CC(C)(C)O)c2)o1. The number of oxazole rings is 1. The lowest BCUT2D eigenvalue weighted by Gasteiger charge is -2.17. The lowest BCUT2D eigenvalue weighted by Crippen LogP contribution is -2.26. The Hall–Kier alpha value is -4.38. The molecule has 6 rings (SSSR count). The second kappa shape index (κ2) is 8.88. The van der Waals surface area contributed by atoms with Crippen molar-refractivity contribution in [1.29, 1.82) is 0 Å². The van der Waals surface area contributed by atoms with E-state index in [-0.39, 0.29) is 17.6 Å². The van der Waals surface area contributed by atoms with Crippen LogP contribution in [0.2, 0.25) is 0 Å². The molecule has 2 N–H and O–H groups in total. The molecule has 2 atom stereocenters. The molecule has 0 spiro atoms. The topological polar surface area (TPSA) is 132 Å². The summed E-state index contributed by atoms with van der Waals surface area (Å²) < 4.78 is 26.0. The van der Waals surface area contributed by atoms with E-state index < -0.39 is 17.7 Å². The highest BCUT2D eigenvalue weighted by atomic mass is 19.1. The van der Waals surface area contributed by atoms with Crippen molar-refractivity contribution in [3.63, 3.8) is 0 Å². The second-order valence-electron chi connectivity index (χ2n) is 10.2. The maximum absolute atomic E-state index is 13.3. The summed E-state index contributed by atoms with van der Waals surface area (Å²) in [4.78, 5) is 21.6. The Morgan fingerprint density at radius 2 is 2.00 bits per heavy atom. The molecule has 1 amide bonds. The zero-order valence-electron chi connectivity index (χ0n) is 21.0. The highest BCUT2D eigenvalue weighted by Crippen LogP contribution is 2.43. The minimum Gasteiger partial charge on any atom is -0.431 e. The van der Waals surface area contributed by atoms with Gasteiger partial charge in [-0.3, -0.25) is 9.48 Å². The Morgan fingerprint density at radius 3 is 2.76 bits per heavy atom. The minimum atomic E-state index is -0.929. The number of anilines is 1. The van der Waals surface area contributed by atoms with E-state index in [4.69, 9.17) is 8.94 Å². The van der Waals surface area contributed by atoms with Gasteiger partial charge in [0.2, 0.25) is 23.4 Å². The lowest BCUT2D eigenvalue weighted by molar-refractivity contribution is 0.0591. The third-order valence-electron chi connectivity index (χ3n) is 6.37. The van der Waals surface area contributed by atoms with E-state index in [1.54, 1.807) is 30.8 Å². The molecular weight excluding hydrogens is 491 g/mol. The van der Waals surface area contributed by atoms with Crippen LogP contribution in [0.5, 0.6) is 0 Å². The van der Waals surface area contributed by atoms with Crippen molar-refractivity contribution < 1.29 is 23.2 Å². The zero-order valence-corrected chi connectivity index (χ0v) is 21.0. The van der Waals surface area contributed by atoms with Crippen LogP contribution in [0.15, 0.2) is 57.7 Å². The van der Waals surface area contributed by atoms with Crippen LogP contribution < -0.4 is 5.32 Å². The van der Waals surface area contributed by atoms with Gasteiger partial charge in [0.05, 0.1) is 36.0 Å². The van der Waals surface area contributed by atoms with Gasteiger partial charge in [-0.2, -0.15) is 10.1 Å².